The number of ether oxygens (including phenoxy) is 1. The van der Waals surface area contributed by atoms with Gasteiger partial charge < -0.3 is 4.74 Å². The van der Waals surface area contributed by atoms with Gasteiger partial charge in [0.1, 0.15) is 5.75 Å². The van der Waals surface area contributed by atoms with E-state index >= 15 is 0 Å². The summed E-state index contributed by atoms with van der Waals surface area (Å²) in [5, 5.41) is 4.36. The highest BCUT2D eigenvalue weighted by Crippen LogP contribution is 2.37. The molecule has 0 aliphatic rings. The highest BCUT2D eigenvalue weighted by Gasteiger charge is 2.34. The molecule has 0 aliphatic carbocycles. The van der Waals surface area contributed by atoms with Gasteiger partial charge >= 0.3 is 6.18 Å². The third-order valence-corrected chi connectivity index (χ3v) is 3.56. The fourth-order valence-electron chi connectivity index (χ4n) is 1.89. The number of nitrogens with zero attached hydrogens (tertiary/aromatic N) is 2. The van der Waals surface area contributed by atoms with Gasteiger partial charge in [-0.25, -0.2) is 0 Å². The zero-order valence-electron chi connectivity index (χ0n) is 11.3. The summed E-state index contributed by atoms with van der Waals surface area (Å²) in [6.07, 6.45) is -0.447. The summed E-state index contributed by atoms with van der Waals surface area (Å²) in [6.45, 7) is 0.169. The topological polar surface area (TPSA) is 27.1 Å². The lowest BCUT2D eigenvalue weighted by Crippen LogP contribution is -2.10. The molecule has 0 N–H and O–H groups in total. The first-order chi connectivity index (χ1) is 9.90. The summed E-state index contributed by atoms with van der Waals surface area (Å²) in [5.41, 5.74) is 0.732. The highest BCUT2D eigenvalue weighted by molar-refractivity contribution is 9.08. The van der Waals surface area contributed by atoms with Crippen LogP contribution in [0, 0.1) is 0 Å². The predicted octanol–water partition coefficient (Wildman–Crippen LogP) is 3.96. The maximum atomic E-state index is 13.0. The van der Waals surface area contributed by atoms with E-state index in [0.29, 0.717) is 17.3 Å². The van der Waals surface area contributed by atoms with Gasteiger partial charge in [0.2, 0.25) is 0 Å². The van der Waals surface area contributed by atoms with Crippen LogP contribution in [0.3, 0.4) is 0 Å². The van der Waals surface area contributed by atoms with Crippen molar-refractivity contribution in [3.05, 3.63) is 47.3 Å². The van der Waals surface area contributed by atoms with Crippen molar-refractivity contribution in [2.45, 2.75) is 17.9 Å². The van der Waals surface area contributed by atoms with E-state index in [1.54, 1.807) is 24.0 Å². The van der Waals surface area contributed by atoms with Crippen LogP contribution < -0.4 is 4.74 Å². The van der Waals surface area contributed by atoms with Gasteiger partial charge in [-0.2, -0.15) is 18.3 Å². The molecule has 2 aromatic rings. The molecule has 21 heavy (non-hydrogen) atoms. The minimum Gasteiger partial charge on any atom is -0.493 e. The van der Waals surface area contributed by atoms with Gasteiger partial charge in [0.15, 0.2) is 0 Å². The Morgan fingerprint density at radius 1 is 1.29 bits per heavy atom. The molecule has 0 atom stereocenters. The van der Waals surface area contributed by atoms with Crippen LogP contribution in [0.1, 0.15) is 16.7 Å². The average molecular weight is 363 g/mol. The van der Waals surface area contributed by atoms with Gasteiger partial charge in [0.05, 0.1) is 18.4 Å². The maximum Gasteiger partial charge on any atom is 0.419 e. The molecular weight excluding hydrogens is 349 g/mol. The van der Waals surface area contributed by atoms with E-state index in [1.165, 1.54) is 6.07 Å². The van der Waals surface area contributed by atoms with Gasteiger partial charge in [0, 0.05) is 25.0 Å². The van der Waals surface area contributed by atoms with Crippen LogP contribution in [0.5, 0.6) is 5.75 Å². The third-order valence-electron chi connectivity index (χ3n) is 2.91. The first kappa shape index (κ1) is 15.9. The van der Waals surface area contributed by atoms with Crippen molar-refractivity contribution in [3.8, 4) is 5.75 Å². The van der Waals surface area contributed by atoms with Crippen LogP contribution in [-0.4, -0.2) is 16.4 Å². The number of hydrogen-bond acceptors (Lipinski definition) is 2. The molecule has 0 unspecified atom stereocenters. The summed E-state index contributed by atoms with van der Waals surface area (Å²) >= 11 is 3.15. The lowest BCUT2D eigenvalue weighted by molar-refractivity contribution is -0.139. The van der Waals surface area contributed by atoms with Crippen LogP contribution in [0.2, 0.25) is 0 Å². The normalized spacial score (nSPS) is 11.7. The second kappa shape index (κ2) is 6.51. The maximum absolute atomic E-state index is 13.0. The summed E-state index contributed by atoms with van der Waals surface area (Å²) in [5.74, 6) is -0.143. The molecular formula is C14H14BrF3N2O. The summed E-state index contributed by atoms with van der Waals surface area (Å²) in [6, 6.07) is 4.08. The zero-order valence-corrected chi connectivity index (χ0v) is 12.9. The molecule has 0 spiro atoms. The van der Waals surface area contributed by atoms with Crippen molar-refractivity contribution in [1.82, 2.24) is 9.78 Å². The van der Waals surface area contributed by atoms with E-state index in [4.69, 9.17) is 4.74 Å². The SMILES string of the molecule is Cn1cc(CCOc2ccc(CBr)cc2C(F)(F)F)cn1. The standard InChI is InChI=1S/C14H14BrF3N2O/c1-20-9-11(8-19-20)4-5-21-13-3-2-10(7-15)6-12(13)14(16,17)18/h2-3,6,8-9H,4-5,7H2,1H3. The first-order valence-corrected chi connectivity index (χ1v) is 7.38. The Kier molecular flexibility index (Phi) is 4.92. The minimum atomic E-state index is -4.43. The molecule has 0 aliphatic heterocycles. The van der Waals surface area contributed by atoms with Crippen LogP contribution >= 0.6 is 15.9 Å². The molecule has 114 valence electrons. The number of benzene rings is 1. The largest absolute Gasteiger partial charge is 0.493 e. The molecule has 0 saturated heterocycles. The Hall–Kier alpha value is -1.50. The fourth-order valence-corrected chi connectivity index (χ4v) is 2.24. The summed E-state index contributed by atoms with van der Waals surface area (Å²) in [7, 11) is 1.78. The molecule has 0 saturated carbocycles. The van der Waals surface area contributed by atoms with Crippen molar-refractivity contribution >= 4 is 15.9 Å². The van der Waals surface area contributed by atoms with E-state index in [1.807, 2.05) is 6.20 Å². The Bertz CT molecular complexity index is 611. The zero-order chi connectivity index (χ0) is 15.5. The first-order valence-electron chi connectivity index (χ1n) is 6.26. The molecule has 0 bridgehead atoms. The Morgan fingerprint density at radius 3 is 2.62 bits per heavy atom. The summed E-state index contributed by atoms with van der Waals surface area (Å²) < 4.78 is 46.0. The molecule has 0 amide bonds. The lowest BCUT2D eigenvalue weighted by atomic mass is 10.1. The van der Waals surface area contributed by atoms with Crippen molar-refractivity contribution in [2.75, 3.05) is 6.61 Å². The number of aromatic nitrogens is 2. The van der Waals surface area contributed by atoms with E-state index in [-0.39, 0.29) is 12.4 Å². The van der Waals surface area contributed by atoms with Gasteiger partial charge in [-0.3, -0.25) is 4.68 Å². The van der Waals surface area contributed by atoms with E-state index in [0.717, 1.165) is 11.6 Å². The van der Waals surface area contributed by atoms with Crippen LogP contribution in [0.15, 0.2) is 30.6 Å². The van der Waals surface area contributed by atoms with Gasteiger partial charge in [-0.15, -0.1) is 0 Å². The monoisotopic (exact) mass is 362 g/mol. The Labute approximate surface area is 128 Å². The quantitative estimate of drug-likeness (QED) is 0.752. The van der Waals surface area contributed by atoms with Crippen LogP contribution in [-0.2, 0) is 25.0 Å². The second-order valence-corrected chi connectivity index (χ2v) is 5.14. The average Bonchev–Trinajstić information content (AvgIpc) is 2.83. The van der Waals surface area contributed by atoms with E-state index < -0.39 is 11.7 Å². The molecule has 2 rings (SSSR count). The molecule has 1 aromatic heterocycles. The lowest BCUT2D eigenvalue weighted by Gasteiger charge is -2.14. The van der Waals surface area contributed by atoms with E-state index in [9.17, 15) is 13.2 Å². The van der Waals surface area contributed by atoms with Crippen molar-refractivity contribution in [1.29, 1.82) is 0 Å². The molecule has 0 radical (unpaired) electrons. The van der Waals surface area contributed by atoms with Crippen molar-refractivity contribution in [3.63, 3.8) is 0 Å². The van der Waals surface area contributed by atoms with Gasteiger partial charge in [-0.1, -0.05) is 22.0 Å². The number of hydrogen-bond donors (Lipinski definition) is 0. The fraction of sp³-hybridized carbons (Fsp3) is 0.357. The molecule has 0 fully saturated rings. The number of rotatable bonds is 5. The van der Waals surface area contributed by atoms with Gasteiger partial charge in [-0.05, 0) is 23.3 Å². The van der Waals surface area contributed by atoms with Crippen LogP contribution in [0.4, 0.5) is 13.2 Å². The number of aryl methyl sites for hydroxylation is 1. The predicted molar refractivity (Wildman–Crippen MR) is 76.5 cm³/mol. The number of halogens is 4. The van der Waals surface area contributed by atoms with Gasteiger partial charge in [0.25, 0.3) is 0 Å². The second-order valence-electron chi connectivity index (χ2n) is 4.58. The molecule has 3 nitrogen and oxygen atoms in total. The smallest absolute Gasteiger partial charge is 0.419 e. The Morgan fingerprint density at radius 2 is 2.05 bits per heavy atom. The molecule has 1 aromatic carbocycles. The Balaban J connectivity index is 2.08. The van der Waals surface area contributed by atoms with Crippen molar-refractivity contribution < 1.29 is 17.9 Å². The van der Waals surface area contributed by atoms with Crippen molar-refractivity contribution in [2.24, 2.45) is 7.05 Å². The summed E-state index contributed by atoms with van der Waals surface area (Å²) in [4.78, 5) is 0. The van der Waals surface area contributed by atoms with E-state index in [2.05, 4.69) is 21.0 Å². The number of alkyl halides is 4. The molecule has 1 heterocycles. The third kappa shape index (κ3) is 4.23. The molecule has 7 heteroatoms. The van der Waals surface area contributed by atoms with Crippen LogP contribution in [0.25, 0.3) is 0 Å². The minimum absolute atomic E-state index is 0.143. The highest BCUT2D eigenvalue weighted by atomic mass is 79.9.